The number of primary sulfonamides is 1. The van der Waals surface area contributed by atoms with E-state index in [-0.39, 0.29) is 10.8 Å². The average molecular weight is 254 g/mol. The number of benzene rings is 1. The largest absolute Gasteiger partial charge is 0.322 e. The molecule has 0 fully saturated rings. The number of aryl methyl sites for hydroxylation is 1. The Bertz CT molecular complexity index is 562. The fourth-order valence-corrected chi connectivity index (χ4v) is 2.13. The van der Waals surface area contributed by atoms with Gasteiger partial charge in [0, 0.05) is 5.69 Å². The zero-order valence-electron chi connectivity index (χ0n) is 9.60. The van der Waals surface area contributed by atoms with Gasteiger partial charge in [0.05, 0.1) is 4.90 Å². The molecule has 0 atom stereocenters. The Morgan fingerprint density at radius 2 is 2.06 bits per heavy atom. The topological polar surface area (TPSA) is 89.3 Å². The first-order valence-electron chi connectivity index (χ1n) is 4.91. The van der Waals surface area contributed by atoms with Gasteiger partial charge in [-0.25, -0.2) is 13.6 Å². The number of carbonyl (C=O) groups excluding carboxylic acids is 1. The lowest BCUT2D eigenvalue weighted by Gasteiger charge is -2.07. The van der Waals surface area contributed by atoms with Gasteiger partial charge in [-0.05, 0) is 37.6 Å². The first kappa shape index (κ1) is 13.4. The number of sulfonamides is 1. The zero-order valence-corrected chi connectivity index (χ0v) is 10.4. The number of rotatable bonds is 3. The van der Waals surface area contributed by atoms with Gasteiger partial charge in [0.1, 0.15) is 0 Å². The van der Waals surface area contributed by atoms with Crippen LogP contribution < -0.4 is 10.5 Å². The maximum absolute atomic E-state index is 11.3. The Labute approximate surface area is 100 Å². The quantitative estimate of drug-likeness (QED) is 0.793. The lowest BCUT2D eigenvalue weighted by molar-refractivity contribution is -0.111. The third-order valence-corrected chi connectivity index (χ3v) is 3.13. The molecule has 17 heavy (non-hydrogen) atoms. The Hall–Kier alpha value is -1.66. The van der Waals surface area contributed by atoms with E-state index < -0.39 is 10.0 Å². The summed E-state index contributed by atoms with van der Waals surface area (Å²) in [5.74, 6) is -0.322. The fraction of sp³-hybridized carbons (Fsp3) is 0.182. The summed E-state index contributed by atoms with van der Waals surface area (Å²) in [5.41, 5.74) is 0.930. The van der Waals surface area contributed by atoms with Crippen LogP contribution in [0.4, 0.5) is 5.69 Å². The first-order chi connectivity index (χ1) is 7.84. The summed E-state index contributed by atoms with van der Waals surface area (Å²) in [6, 6.07) is 4.54. The molecule has 0 saturated heterocycles. The molecule has 3 N–H and O–H groups in total. The van der Waals surface area contributed by atoms with Crippen LogP contribution in [-0.2, 0) is 14.8 Å². The summed E-state index contributed by atoms with van der Waals surface area (Å²) in [6.45, 7) is 3.35. The standard InChI is InChI=1S/C11H14N2O3S/c1-3-4-11(14)13-9-6-5-8(2)10(7-9)17(12,15)16/h3-7H,1-2H3,(H,13,14)(H2,12,15,16). The number of carbonyl (C=O) groups is 1. The molecule has 0 unspecified atom stereocenters. The molecule has 6 heteroatoms. The summed E-state index contributed by atoms with van der Waals surface area (Å²) in [4.78, 5) is 11.3. The van der Waals surface area contributed by atoms with Crippen molar-refractivity contribution in [2.45, 2.75) is 18.7 Å². The average Bonchev–Trinajstić information content (AvgIpc) is 2.19. The summed E-state index contributed by atoms with van der Waals surface area (Å²) in [5, 5.41) is 7.60. The van der Waals surface area contributed by atoms with Crippen LogP contribution in [0.15, 0.2) is 35.2 Å². The fourth-order valence-electron chi connectivity index (χ4n) is 1.32. The van der Waals surface area contributed by atoms with E-state index >= 15 is 0 Å². The summed E-state index contributed by atoms with van der Waals surface area (Å²) in [6.07, 6.45) is 2.93. The van der Waals surface area contributed by atoms with Crippen molar-refractivity contribution < 1.29 is 13.2 Å². The molecule has 1 amide bonds. The number of amides is 1. The van der Waals surface area contributed by atoms with Crippen molar-refractivity contribution in [3.8, 4) is 0 Å². The normalized spacial score (nSPS) is 11.7. The lowest BCUT2D eigenvalue weighted by Crippen LogP contribution is -2.15. The van der Waals surface area contributed by atoms with E-state index in [0.29, 0.717) is 11.3 Å². The molecule has 0 aliphatic heterocycles. The zero-order chi connectivity index (χ0) is 13.1. The van der Waals surface area contributed by atoms with E-state index in [1.54, 1.807) is 32.1 Å². The van der Waals surface area contributed by atoms with Crippen LogP contribution >= 0.6 is 0 Å². The van der Waals surface area contributed by atoms with Gasteiger partial charge >= 0.3 is 0 Å². The van der Waals surface area contributed by atoms with Crippen molar-refractivity contribution in [1.29, 1.82) is 0 Å². The second-order valence-electron chi connectivity index (χ2n) is 3.51. The maximum Gasteiger partial charge on any atom is 0.248 e. The van der Waals surface area contributed by atoms with E-state index in [1.165, 1.54) is 12.1 Å². The van der Waals surface area contributed by atoms with Crippen molar-refractivity contribution in [2.24, 2.45) is 5.14 Å². The van der Waals surface area contributed by atoms with Crippen molar-refractivity contribution in [3.63, 3.8) is 0 Å². The van der Waals surface area contributed by atoms with Crippen LogP contribution in [0, 0.1) is 6.92 Å². The van der Waals surface area contributed by atoms with Crippen LogP contribution in [0.3, 0.4) is 0 Å². The molecular formula is C11H14N2O3S. The molecule has 0 heterocycles. The second kappa shape index (κ2) is 5.11. The Morgan fingerprint density at radius 1 is 1.41 bits per heavy atom. The molecule has 0 spiro atoms. The number of anilines is 1. The summed E-state index contributed by atoms with van der Waals surface area (Å²) < 4.78 is 22.5. The van der Waals surface area contributed by atoms with Gasteiger partial charge in [0.25, 0.3) is 0 Å². The minimum atomic E-state index is -3.77. The highest BCUT2D eigenvalue weighted by molar-refractivity contribution is 7.89. The van der Waals surface area contributed by atoms with E-state index in [1.807, 2.05) is 0 Å². The molecule has 0 radical (unpaired) electrons. The Kier molecular flexibility index (Phi) is 4.03. The third kappa shape index (κ3) is 3.69. The molecule has 92 valence electrons. The molecule has 1 aromatic rings. The molecular weight excluding hydrogens is 240 g/mol. The van der Waals surface area contributed by atoms with Crippen LogP contribution in [0.25, 0.3) is 0 Å². The van der Waals surface area contributed by atoms with Crippen molar-refractivity contribution in [2.75, 3.05) is 5.32 Å². The number of allylic oxidation sites excluding steroid dienone is 1. The van der Waals surface area contributed by atoms with E-state index in [4.69, 9.17) is 5.14 Å². The van der Waals surface area contributed by atoms with Gasteiger partial charge in [-0.15, -0.1) is 0 Å². The van der Waals surface area contributed by atoms with E-state index in [9.17, 15) is 13.2 Å². The number of hydrogen-bond acceptors (Lipinski definition) is 3. The Morgan fingerprint density at radius 3 is 2.59 bits per heavy atom. The molecule has 1 rings (SSSR count). The molecule has 0 aromatic heterocycles. The maximum atomic E-state index is 11.3. The van der Waals surface area contributed by atoms with E-state index in [0.717, 1.165) is 0 Å². The van der Waals surface area contributed by atoms with Crippen LogP contribution in [-0.4, -0.2) is 14.3 Å². The van der Waals surface area contributed by atoms with Crippen molar-refractivity contribution >= 4 is 21.6 Å². The molecule has 0 saturated carbocycles. The predicted octanol–water partition coefficient (Wildman–Crippen LogP) is 1.16. The van der Waals surface area contributed by atoms with Gasteiger partial charge in [0.2, 0.25) is 15.9 Å². The van der Waals surface area contributed by atoms with Crippen LogP contribution in [0.5, 0.6) is 0 Å². The van der Waals surface area contributed by atoms with Crippen molar-refractivity contribution in [3.05, 3.63) is 35.9 Å². The highest BCUT2D eigenvalue weighted by Gasteiger charge is 2.12. The highest BCUT2D eigenvalue weighted by Crippen LogP contribution is 2.18. The minimum Gasteiger partial charge on any atom is -0.322 e. The number of hydrogen-bond donors (Lipinski definition) is 2. The molecule has 0 aliphatic carbocycles. The molecule has 0 aliphatic rings. The summed E-state index contributed by atoms with van der Waals surface area (Å²) in [7, 11) is -3.77. The SMILES string of the molecule is CC=CC(=O)Nc1ccc(C)c(S(N)(=O)=O)c1. The summed E-state index contributed by atoms with van der Waals surface area (Å²) >= 11 is 0. The smallest absolute Gasteiger partial charge is 0.248 e. The second-order valence-corrected chi connectivity index (χ2v) is 5.04. The van der Waals surface area contributed by atoms with Crippen LogP contribution in [0.1, 0.15) is 12.5 Å². The monoisotopic (exact) mass is 254 g/mol. The highest BCUT2D eigenvalue weighted by atomic mass is 32.2. The lowest BCUT2D eigenvalue weighted by atomic mass is 10.2. The predicted molar refractivity (Wildman–Crippen MR) is 66.0 cm³/mol. The van der Waals surface area contributed by atoms with Gasteiger partial charge < -0.3 is 5.32 Å². The van der Waals surface area contributed by atoms with Gasteiger partial charge in [0.15, 0.2) is 0 Å². The third-order valence-electron chi connectivity index (χ3n) is 2.08. The molecule has 1 aromatic carbocycles. The molecule has 0 bridgehead atoms. The van der Waals surface area contributed by atoms with Gasteiger partial charge in [-0.2, -0.15) is 0 Å². The first-order valence-corrected chi connectivity index (χ1v) is 6.46. The van der Waals surface area contributed by atoms with Crippen molar-refractivity contribution in [1.82, 2.24) is 0 Å². The number of nitrogens with two attached hydrogens (primary N) is 1. The molecule has 5 nitrogen and oxygen atoms in total. The number of nitrogens with one attached hydrogen (secondary N) is 1. The van der Waals surface area contributed by atoms with Gasteiger partial charge in [-0.1, -0.05) is 12.1 Å². The minimum absolute atomic E-state index is 0.00998. The van der Waals surface area contributed by atoms with Gasteiger partial charge in [-0.3, -0.25) is 4.79 Å². The van der Waals surface area contributed by atoms with Crippen LogP contribution in [0.2, 0.25) is 0 Å². The van der Waals surface area contributed by atoms with E-state index in [2.05, 4.69) is 5.32 Å². The Balaban J connectivity index is 3.10.